The van der Waals surface area contributed by atoms with E-state index in [2.05, 4.69) is 0 Å². The number of aryl methyl sites for hydroxylation is 1. The highest BCUT2D eigenvalue weighted by molar-refractivity contribution is 5.94. The molecular weight excluding hydrogens is 321 g/mol. The monoisotopic (exact) mass is 336 g/mol. The van der Waals surface area contributed by atoms with Crippen molar-refractivity contribution in [3.8, 4) is 0 Å². The number of benzene rings is 1. The minimum absolute atomic E-state index is 0.399. The van der Waals surface area contributed by atoms with Crippen LogP contribution < -0.4 is 10.5 Å². The van der Waals surface area contributed by atoms with Crippen LogP contribution in [0.5, 0.6) is 0 Å². The quantitative estimate of drug-likeness (QED) is 0.846. The van der Waals surface area contributed by atoms with Gasteiger partial charge < -0.3 is 9.47 Å². The molecule has 4 nitrogen and oxygen atoms in total. The van der Waals surface area contributed by atoms with Crippen LogP contribution in [0.1, 0.15) is 17.5 Å². The molecule has 0 bridgehead atoms. The first kappa shape index (κ1) is 16.3. The first-order valence-corrected chi connectivity index (χ1v) is 7.53. The summed E-state index contributed by atoms with van der Waals surface area (Å²) < 4.78 is 39.2. The van der Waals surface area contributed by atoms with E-state index in [0.717, 1.165) is 40.8 Å². The summed E-state index contributed by atoms with van der Waals surface area (Å²) in [4.78, 5) is 26.0. The maximum absolute atomic E-state index is 12.8. The van der Waals surface area contributed by atoms with Gasteiger partial charge in [-0.15, -0.1) is 0 Å². The highest BCUT2D eigenvalue weighted by Crippen LogP contribution is 2.27. The fourth-order valence-electron chi connectivity index (χ4n) is 2.90. The topological polar surface area (TPSA) is 42.3 Å². The molecule has 2 aromatic rings. The average Bonchev–Trinajstić information content (AvgIpc) is 2.55. The van der Waals surface area contributed by atoms with E-state index in [1.54, 1.807) is 12.1 Å². The zero-order valence-corrected chi connectivity index (χ0v) is 12.7. The second kappa shape index (κ2) is 6.14. The number of anilines is 1. The lowest BCUT2D eigenvalue weighted by atomic mass is 10.0. The van der Waals surface area contributed by atoms with Crippen LogP contribution >= 0.6 is 0 Å². The molecule has 1 aliphatic heterocycles. The smallest absolute Gasteiger partial charge is 0.311 e. The number of carbonyl (C=O) groups excluding carboxylic acids is 1. The van der Waals surface area contributed by atoms with Crippen LogP contribution in [-0.2, 0) is 23.9 Å². The van der Waals surface area contributed by atoms with Gasteiger partial charge in [0.2, 0.25) is 5.91 Å². The summed E-state index contributed by atoms with van der Waals surface area (Å²) in [6.07, 6.45) is -1.91. The van der Waals surface area contributed by atoms with E-state index in [4.69, 9.17) is 0 Å². The number of alkyl halides is 3. The highest BCUT2D eigenvalue weighted by Gasteiger charge is 2.34. The molecule has 7 heteroatoms. The lowest BCUT2D eigenvalue weighted by Gasteiger charge is -2.29. The van der Waals surface area contributed by atoms with Gasteiger partial charge in [-0.3, -0.25) is 9.59 Å². The van der Waals surface area contributed by atoms with E-state index in [9.17, 15) is 22.8 Å². The number of carbonyl (C=O) groups is 1. The molecule has 0 radical (unpaired) electrons. The zero-order chi connectivity index (χ0) is 17.3. The predicted octanol–water partition coefficient (Wildman–Crippen LogP) is 2.85. The predicted molar refractivity (Wildman–Crippen MR) is 82.8 cm³/mol. The Hall–Kier alpha value is -2.57. The van der Waals surface area contributed by atoms with Crippen LogP contribution in [0.15, 0.2) is 47.4 Å². The Labute approximate surface area is 136 Å². The second-order valence-corrected chi connectivity index (χ2v) is 5.63. The number of hydrogen-bond donors (Lipinski definition) is 0. The van der Waals surface area contributed by atoms with Crippen LogP contribution in [0.4, 0.5) is 18.9 Å². The van der Waals surface area contributed by atoms with Crippen molar-refractivity contribution in [1.82, 2.24) is 4.57 Å². The van der Waals surface area contributed by atoms with Gasteiger partial charge in [0.15, 0.2) is 0 Å². The average molecular weight is 336 g/mol. The second-order valence-electron chi connectivity index (χ2n) is 5.63. The van der Waals surface area contributed by atoms with E-state index in [1.807, 2.05) is 12.1 Å². The van der Waals surface area contributed by atoms with E-state index < -0.39 is 29.8 Å². The van der Waals surface area contributed by atoms with Gasteiger partial charge in [0.05, 0.1) is 0 Å². The molecule has 0 spiro atoms. The van der Waals surface area contributed by atoms with Crippen LogP contribution in [-0.4, -0.2) is 17.0 Å². The normalized spacial score (nSPS) is 14.4. The van der Waals surface area contributed by atoms with Crippen molar-refractivity contribution in [1.29, 1.82) is 0 Å². The molecule has 0 unspecified atom stereocenters. The first-order chi connectivity index (χ1) is 11.4. The van der Waals surface area contributed by atoms with Crippen molar-refractivity contribution in [2.75, 3.05) is 11.4 Å². The van der Waals surface area contributed by atoms with Gasteiger partial charge >= 0.3 is 6.18 Å². The molecule has 126 valence electrons. The number of fused-ring (bicyclic) bond motifs is 1. The molecule has 1 aromatic carbocycles. The number of aromatic nitrogens is 1. The molecule has 0 N–H and O–H groups in total. The summed E-state index contributed by atoms with van der Waals surface area (Å²) in [5.74, 6) is -0.399. The lowest BCUT2D eigenvalue weighted by molar-refractivity contribution is -0.139. The summed E-state index contributed by atoms with van der Waals surface area (Å²) in [6, 6.07) is 9.26. The number of pyridine rings is 1. The Morgan fingerprint density at radius 2 is 1.88 bits per heavy atom. The number of amides is 1. The Balaban J connectivity index is 1.88. The number of para-hydroxylation sites is 1. The summed E-state index contributed by atoms with van der Waals surface area (Å²) in [5.41, 5.74) is -0.692. The largest absolute Gasteiger partial charge is 0.421 e. The molecular formula is C17H15F3N2O2. The molecule has 24 heavy (non-hydrogen) atoms. The standard InChI is InChI=1S/C17H15F3N2O2/c18-17(19,20)13-7-4-9-21(16(13)24)11-15(23)22-10-3-6-12-5-1-2-8-14(12)22/h1-2,4-5,7-9H,3,6,10-11H2. The fraction of sp³-hybridized carbons (Fsp3) is 0.294. The molecule has 3 rings (SSSR count). The van der Waals surface area contributed by atoms with E-state index in [1.165, 1.54) is 11.1 Å². The van der Waals surface area contributed by atoms with Gasteiger partial charge in [-0.25, -0.2) is 0 Å². The number of hydrogen-bond acceptors (Lipinski definition) is 2. The van der Waals surface area contributed by atoms with Crippen LogP contribution in [0.3, 0.4) is 0 Å². The Morgan fingerprint density at radius 1 is 1.12 bits per heavy atom. The van der Waals surface area contributed by atoms with Crippen LogP contribution in [0, 0.1) is 0 Å². The third kappa shape index (κ3) is 3.06. The summed E-state index contributed by atoms with van der Waals surface area (Å²) in [5, 5.41) is 0. The third-order valence-electron chi connectivity index (χ3n) is 4.04. The van der Waals surface area contributed by atoms with Crippen molar-refractivity contribution < 1.29 is 18.0 Å². The van der Waals surface area contributed by atoms with Crippen molar-refractivity contribution in [3.05, 3.63) is 64.1 Å². The highest BCUT2D eigenvalue weighted by atomic mass is 19.4. The maximum Gasteiger partial charge on any atom is 0.421 e. The van der Waals surface area contributed by atoms with E-state index in [-0.39, 0.29) is 0 Å². The number of rotatable bonds is 2. The van der Waals surface area contributed by atoms with E-state index in [0.29, 0.717) is 6.54 Å². The van der Waals surface area contributed by atoms with Crippen molar-refractivity contribution in [2.24, 2.45) is 0 Å². The van der Waals surface area contributed by atoms with Crippen molar-refractivity contribution in [3.63, 3.8) is 0 Å². The van der Waals surface area contributed by atoms with Gasteiger partial charge in [0.1, 0.15) is 12.1 Å². The summed E-state index contributed by atoms with van der Waals surface area (Å²) >= 11 is 0. The first-order valence-electron chi connectivity index (χ1n) is 7.53. The van der Waals surface area contributed by atoms with Crippen LogP contribution in [0.25, 0.3) is 0 Å². The minimum atomic E-state index is -4.74. The van der Waals surface area contributed by atoms with Gasteiger partial charge in [-0.05, 0) is 36.6 Å². The Bertz CT molecular complexity index is 827. The molecule has 0 fully saturated rings. The van der Waals surface area contributed by atoms with Gasteiger partial charge in [0, 0.05) is 18.4 Å². The molecule has 0 saturated carbocycles. The lowest BCUT2D eigenvalue weighted by Crippen LogP contribution is -2.40. The molecule has 0 atom stereocenters. The van der Waals surface area contributed by atoms with Crippen molar-refractivity contribution in [2.45, 2.75) is 25.6 Å². The van der Waals surface area contributed by atoms with Crippen molar-refractivity contribution >= 4 is 11.6 Å². The Morgan fingerprint density at radius 3 is 2.62 bits per heavy atom. The third-order valence-corrected chi connectivity index (χ3v) is 4.04. The van der Waals surface area contributed by atoms with Crippen LogP contribution in [0.2, 0.25) is 0 Å². The summed E-state index contributed by atoms with van der Waals surface area (Å²) in [7, 11) is 0. The SMILES string of the molecule is O=C(Cn1cccc(C(F)(F)F)c1=O)N1CCCc2ccccc21. The molecule has 1 aromatic heterocycles. The van der Waals surface area contributed by atoms with E-state index >= 15 is 0 Å². The molecule has 0 aliphatic carbocycles. The molecule has 2 heterocycles. The molecule has 1 amide bonds. The zero-order valence-electron chi connectivity index (χ0n) is 12.7. The van der Waals surface area contributed by atoms with Gasteiger partial charge in [-0.1, -0.05) is 18.2 Å². The fourth-order valence-corrected chi connectivity index (χ4v) is 2.90. The molecule has 1 aliphatic rings. The maximum atomic E-state index is 12.8. The summed E-state index contributed by atoms with van der Waals surface area (Å²) in [6.45, 7) is 0.0701. The van der Waals surface area contributed by atoms with Gasteiger partial charge in [-0.2, -0.15) is 13.2 Å². The number of halogens is 3. The number of nitrogens with zero attached hydrogens (tertiary/aromatic N) is 2. The molecule has 0 saturated heterocycles. The van der Waals surface area contributed by atoms with Gasteiger partial charge in [0.25, 0.3) is 5.56 Å². The Kier molecular flexibility index (Phi) is 4.17. The minimum Gasteiger partial charge on any atom is -0.311 e.